The van der Waals surface area contributed by atoms with Crippen molar-refractivity contribution in [3.63, 3.8) is 0 Å². The summed E-state index contributed by atoms with van der Waals surface area (Å²) >= 11 is 9.46. The third-order valence-electron chi connectivity index (χ3n) is 2.84. The lowest BCUT2D eigenvalue weighted by Crippen LogP contribution is -2.19. The van der Waals surface area contributed by atoms with E-state index in [0.29, 0.717) is 17.4 Å². The number of carbonyl (C=O) groups is 1. The Labute approximate surface area is 164 Å². The molecule has 24 heavy (non-hydrogen) atoms. The summed E-state index contributed by atoms with van der Waals surface area (Å²) in [6.07, 6.45) is 1.61. The van der Waals surface area contributed by atoms with Gasteiger partial charge < -0.3 is 4.74 Å². The topological polar surface area (TPSA) is 50.7 Å². The molecule has 4 nitrogen and oxygen atoms in total. The fourth-order valence-corrected chi connectivity index (χ4v) is 3.27. The molecular formula is C17H16ClIN2O2S. The van der Waals surface area contributed by atoms with Crippen LogP contribution in [-0.2, 0) is 4.79 Å². The maximum Gasteiger partial charge on any atom is 0.250 e. The zero-order chi connectivity index (χ0) is 17.4. The Morgan fingerprint density at radius 1 is 1.33 bits per heavy atom. The van der Waals surface area contributed by atoms with Gasteiger partial charge >= 0.3 is 0 Å². The van der Waals surface area contributed by atoms with Crippen LogP contribution in [0.5, 0.6) is 5.75 Å². The minimum Gasteiger partial charge on any atom is -0.493 e. The summed E-state index contributed by atoms with van der Waals surface area (Å²) in [6.45, 7) is 2.58. The van der Waals surface area contributed by atoms with Gasteiger partial charge in [0.25, 0.3) is 0 Å². The predicted octanol–water partition coefficient (Wildman–Crippen LogP) is 4.59. The second-order valence-corrected chi connectivity index (χ2v) is 7.31. The second-order valence-electron chi connectivity index (χ2n) is 4.66. The third kappa shape index (κ3) is 6.33. The number of nitrogens with one attached hydrogen (secondary N) is 1. The summed E-state index contributed by atoms with van der Waals surface area (Å²) in [4.78, 5) is 12.8. The SMILES string of the molecule is CCOc1ccc(/C=N\NC(=O)CSc2ccc(Cl)cc2)cc1I. The summed E-state index contributed by atoms with van der Waals surface area (Å²) in [7, 11) is 0. The molecule has 0 unspecified atom stereocenters. The molecule has 0 atom stereocenters. The van der Waals surface area contributed by atoms with E-state index in [1.54, 1.807) is 18.3 Å². The van der Waals surface area contributed by atoms with Crippen LogP contribution in [0.1, 0.15) is 12.5 Å². The van der Waals surface area contributed by atoms with Crippen LogP contribution in [0.25, 0.3) is 0 Å². The Morgan fingerprint density at radius 2 is 2.08 bits per heavy atom. The lowest BCUT2D eigenvalue weighted by molar-refractivity contribution is -0.118. The van der Waals surface area contributed by atoms with Crippen molar-refractivity contribution in [3.8, 4) is 5.75 Å². The maximum atomic E-state index is 11.8. The molecule has 7 heteroatoms. The number of nitrogens with zero attached hydrogens (tertiary/aromatic N) is 1. The largest absolute Gasteiger partial charge is 0.493 e. The lowest BCUT2D eigenvalue weighted by Gasteiger charge is -2.06. The highest BCUT2D eigenvalue weighted by Crippen LogP contribution is 2.21. The number of halogens is 2. The Balaban J connectivity index is 1.81. The number of benzene rings is 2. The zero-order valence-corrected chi connectivity index (χ0v) is 16.7. The molecule has 0 heterocycles. The minimum absolute atomic E-state index is 0.160. The minimum atomic E-state index is -0.160. The van der Waals surface area contributed by atoms with Gasteiger partial charge in [0, 0.05) is 9.92 Å². The molecule has 0 aliphatic rings. The van der Waals surface area contributed by atoms with Crippen molar-refractivity contribution < 1.29 is 9.53 Å². The normalized spacial score (nSPS) is 10.8. The standard InChI is InChI=1S/C17H16ClIN2O2S/c1-2-23-16-8-3-12(9-15(16)19)10-20-21-17(22)11-24-14-6-4-13(18)5-7-14/h3-10H,2,11H2,1H3,(H,21,22)/b20-10-. The van der Waals surface area contributed by atoms with Gasteiger partial charge in [-0.15, -0.1) is 11.8 Å². The molecule has 0 aliphatic carbocycles. The van der Waals surface area contributed by atoms with Crippen molar-refractivity contribution in [2.45, 2.75) is 11.8 Å². The van der Waals surface area contributed by atoms with Crippen molar-refractivity contribution in [2.24, 2.45) is 5.10 Å². The Hall–Kier alpha value is -1.25. The first-order valence-corrected chi connectivity index (χ1v) is 9.65. The van der Waals surface area contributed by atoms with Crippen LogP contribution in [0.2, 0.25) is 5.02 Å². The van der Waals surface area contributed by atoms with E-state index >= 15 is 0 Å². The van der Waals surface area contributed by atoms with Gasteiger partial charge in [-0.1, -0.05) is 11.6 Å². The van der Waals surface area contributed by atoms with Crippen LogP contribution in [0.3, 0.4) is 0 Å². The molecule has 126 valence electrons. The first kappa shape index (κ1) is 19.1. The number of ether oxygens (including phenoxy) is 1. The summed E-state index contributed by atoms with van der Waals surface area (Å²) in [6, 6.07) is 13.1. The molecule has 0 aliphatic heterocycles. The first-order valence-electron chi connectivity index (χ1n) is 7.21. The predicted molar refractivity (Wildman–Crippen MR) is 108 cm³/mol. The number of rotatable bonds is 7. The fourth-order valence-electron chi connectivity index (χ4n) is 1.76. The van der Waals surface area contributed by atoms with Crippen LogP contribution < -0.4 is 10.2 Å². The number of thioether (sulfide) groups is 1. The molecule has 0 radical (unpaired) electrons. The highest BCUT2D eigenvalue weighted by Gasteiger charge is 2.03. The van der Waals surface area contributed by atoms with Crippen molar-refractivity contribution >= 4 is 58.1 Å². The van der Waals surface area contributed by atoms with Gasteiger partial charge in [0.15, 0.2) is 0 Å². The number of hydrogen-bond donors (Lipinski definition) is 1. The molecule has 2 aromatic carbocycles. The third-order valence-corrected chi connectivity index (χ3v) is 4.95. The molecule has 0 saturated carbocycles. The summed E-state index contributed by atoms with van der Waals surface area (Å²) in [5.74, 6) is 0.977. The average Bonchev–Trinajstić information content (AvgIpc) is 2.57. The number of carbonyl (C=O) groups excluding carboxylic acids is 1. The van der Waals surface area contributed by atoms with Gasteiger partial charge in [-0.3, -0.25) is 4.79 Å². The molecule has 0 aromatic heterocycles. The van der Waals surface area contributed by atoms with E-state index in [0.717, 1.165) is 19.8 Å². The highest BCUT2D eigenvalue weighted by atomic mass is 127. The lowest BCUT2D eigenvalue weighted by atomic mass is 10.2. The molecule has 2 aromatic rings. The fraction of sp³-hybridized carbons (Fsp3) is 0.176. The molecule has 1 amide bonds. The second kappa shape index (κ2) is 9.90. The molecule has 0 bridgehead atoms. The Kier molecular flexibility index (Phi) is 7.87. The van der Waals surface area contributed by atoms with E-state index in [9.17, 15) is 4.79 Å². The molecule has 0 saturated heterocycles. The van der Waals surface area contributed by atoms with E-state index in [4.69, 9.17) is 16.3 Å². The van der Waals surface area contributed by atoms with Crippen LogP contribution >= 0.6 is 46.0 Å². The quantitative estimate of drug-likeness (QED) is 0.276. The van der Waals surface area contributed by atoms with Gasteiger partial charge in [-0.2, -0.15) is 5.10 Å². The van der Waals surface area contributed by atoms with E-state index in [-0.39, 0.29) is 5.91 Å². The summed E-state index contributed by atoms with van der Waals surface area (Å²) < 4.78 is 6.49. The number of hydrazone groups is 1. The first-order chi connectivity index (χ1) is 11.6. The van der Waals surface area contributed by atoms with E-state index in [2.05, 4.69) is 33.1 Å². The molecular weight excluding hydrogens is 459 g/mol. The number of amides is 1. The molecule has 0 fully saturated rings. The summed E-state index contributed by atoms with van der Waals surface area (Å²) in [5.41, 5.74) is 3.42. The van der Waals surface area contributed by atoms with Crippen LogP contribution in [0.15, 0.2) is 52.5 Å². The van der Waals surface area contributed by atoms with Crippen molar-refractivity contribution in [2.75, 3.05) is 12.4 Å². The van der Waals surface area contributed by atoms with Crippen LogP contribution in [0.4, 0.5) is 0 Å². The monoisotopic (exact) mass is 474 g/mol. The molecule has 2 rings (SSSR count). The van der Waals surface area contributed by atoms with Crippen molar-refractivity contribution in [1.29, 1.82) is 0 Å². The smallest absolute Gasteiger partial charge is 0.250 e. The Bertz CT molecular complexity index is 723. The average molecular weight is 475 g/mol. The molecule has 1 N–H and O–H groups in total. The van der Waals surface area contributed by atoms with Crippen LogP contribution in [-0.4, -0.2) is 24.5 Å². The molecule has 0 spiro atoms. The van der Waals surface area contributed by atoms with Crippen molar-refractivity contribution in [1.82, 2.24) is 5.43 Å². The van der Waals surface area contributed by atoms with Crippen LogP contribution in [0, 0.1) is 3.57 Å². The summed E-state index contributed by atoms with van der Waals surface area (Å²) in [5, 5.41) is 4.66. The van der Waals surface area contributed by atoms with Gasteiger partial charge in [0.1, 0.15) is 5.75 Å². The van der Waals surface area contributed by atoms with E-state index in [1.807, 2.05) is 37.3 Å². The van der Waals surface area contributed by atoms with Crippen molar-refractivity contribution in [3.05, 3.63) is 56.6 Å². The van der Waals surface area contributed by atoms with Gasteiger partial charge in [-0.25, -0.2) is 5.43 Å². The Morgan fingerprint density at radius 3 is 2.75 bits per heavy atom. The van der Waals surface area contributed by atoms with E-state index < -0.39 is 0 Å². The van der Waals surface area contributed by atoms with E-state index in [1.165, 1.54) is 11.8 Å². The number of hydrogen-bond acceptors (Lipinski definition) is 4. The van der Waals surface area contributed by atoms with Gasteiger partial charge in [-0.05, 0) is 77.5 Å². The maximum absolute atomic E-state index is 11.8. The van der Waals surface area contributed by atoms with Gasteiger partial charge in [0.05, 0.1) is 22.1 Å². The van der Waals surface area contributed by atoms with Gasteiger partial charge in [0.2, 0.25) is 5.91 Å². The zero-order valence-electron chi connectivity index (χ0n) is 13.0. The highest BCUT2D eigenvalue weighted by molar-refractivity contribution is 14.1.